The number of hydrogen-bond donors (Lipinski definition) is 1. The molecule has 106 valence electrons. The maximum Gasteiger partial charge on any atom is 0.119 e. The largest absolute Gasteiger partial charge is 0.494 e. The second-order valence-electron chi connectivity index (χ2n) is 4.68. The van der Waals surface area contributed by atoms with E-state index in [1.54, 1.807) is 0 Å². The first kappa shape index (κ1) is 14.9. The number of rotatable bonds is 6. The molecule has 0 aliphatic rings. The molecule has 0 aliphatic heterocycles. The quantitative estimate of drug-likeness (QED) is 0.859. The molecule has 1 atom stereocenters. The molecule has 20 heavy (non-hydrogen) atoms. The van der Waals surface area contributed by atoms with Crippen LogP contribution in [0.15, 0.2) is 48.5 Å². The van der Waals surface area contributed by atoms with Crippen LogP contribution in [0, 0.1) is 0 Å². The lowest BCUT2D eigenvalue weighted by Crippen LogP contribution is -2.18. The van der Waals surface area contributed by atoms with E-state index in [1.807, 2.05) is 38.2 Å². The van der Waals surface area contributed by atoms with Crippen LogP contribution in [0.1, 0.15) is 24.1 Å². The van der Waals surface area contributed by atoms with Crippen LogP contribution in [0.2, 0.25) is 5.02 Å². The highest BCUT2D eigenvalue weighted by atomic mass is 35.5. The topological polar surface area (TPSA) is 21.3 Å². The third-order valence-electron chi connectivity index (χ3n) is 3.27. The molecule has 0 radical (unpaired) electrons. The summed E-state index contributed by atoms with van der Waals surface area (Å²) in [5.74, 6) is 0.918. The summed E-state index contributed by atoms with van der Waals surface area (Å²) in [4.78, 5) is 0. The van der Waals surface area contributed by atoms with Gasteiger partial charge in [-0.2, -0.15) is 0 Å². The summed E-state index contributed by atoms with van der Waals surface area (Å²) in [6, 6.07) is 16.5. The van der Waals surface area contributed by atoms with Gasteiger partial charge < -0.3 is 10.1 Å². The number of likely N-dealkylation sites (N-methyl/N-ethyl adjacent to an activating group) is 1. The zero-order valence-electron chi connectivity index (χ0n) is 11.9. The van der Waals surface area contributed by atoms with Gasteiger partial charge in [-0.1, -0.05) is 35.9 Å². The zero-order chi connectivity index (χ0) is 14.4. The van der Waals surface area contributed by atoms with E-state index in [0.717, 1.165) is 17.2 Å². The van der Waals surface area contributed by atoms with Gasteiger partial charge in [-0.3, -0.25) is 0 Å². The van der Waals surface area contributed by atoms with Crippen molar-refractivity contribution >= 4 is 11.6 Å². The van der Waals surface area contributed by atoms with E-state index in [-0.39, 0.29) is 6.04 Å². The molecule has 0 spiro atoms. The van der Waals surface area contributed by atoms with Crippen LogP contribution in [0.3, 0.4) is 0 Å². The Morgan fingerprint density at radius 2 is 1.90 bits per heavy atom. The van der Waals surface area contributed by atoms with E-state index < -0.39 is 0 Å². The molecule has 0 aromatic heterocycles. The first-order chi connectivity index (χ1) is 9.72. The van der Waals surface area contributed by atoms with Crippen molar-refractivity contribution in [2.45, 2.75) is 19.4 Å². The summed E-state index contributed by atoms with van der Waals surface area (Å²) >= 11 is 5.92. The second-order valence-corrected chi connectivity index (χ2v) is 5.11. The standard InChI is InChI=1S/C17H20ClNO/c1-3-20-16-6-4-5-14(12-16)17(19-2)11-13-7-9-15(18)10-8-13/h4-10,12,17,19H,3,11H2,1-2H3. The Morgan fingerprint density at radius 3 is 2.55 bits per heavy atom. The maximum absolute atomic E-state index is 5.92. The molecule has 2 rings (SSSR count). The molecular formula is C17H20ClNO. The molecule has 0 saturated heterocycles. The van der Waals surface area contributed by atoms with Gasteiger partial charge in [0.25, 0.3) is 0 Å². The van der Waals surface area contributed by atoms with Gasteiger partial charge in [-0.05, 0) is 55.8 Å². The van der Waals surface area contributed by atoms with Crippen LogP contribution in [-0.4, -0.2) is 13.7 Å². The first-order valence-corrected chi connectivity index (χ1v) is 7.25. The summed E-state index contributed by atoms with van der Waals surface area (Å²) < 4.78 is 5.56. The van der Waals surface area contributed by atoms with Gasteiger partial charge in [-0.25, -0.2) is 0 Å². The fourth-order valence-electron chi connectivity index (χ4n) is 2.23. The third-order valence-corrected chi connectivity index (χ3v) is 3.52. The fraction of sp³-hybridized carbons (Fsp3) is 0.294. The fourth-order valence-corrected chi connectivity index (χ4v) is 2.36. The van der Waals surface area contributed by atoms with E-state index >= 15 is 0 Å². The van der Waals surface area contributed by atoms with Crippen LogP contribution >= 0.6 is 11.6 Å². The molecule has 1 unspecified atom stereocenters. The van der Waals surface area contributed by atoms with Gasteiger partial charge in [0, 0.05) is 11.1 Å². The number of hydrogen-bond acceptors (Lipinski definition) is 2. The third kappa shape index (κ3) is 3.99. The second kappa shape index (κ2) is 7.32. The van der Waals surface area contributed by atoms with Gasteiger partial charge >= 0.3 is 0 Å². The first-order valence-electron chi connectivity index (χ1n) is 6.87. The molecule has 0 heterocycles. The Labute approximate surface area is 125 Å². The van der Waals surface area contributed by atoms with Gasteiger partial charge in [0.1, 0.15) is 5.75 Å². The predicted octanol–water partition coefficient (Wildman–Crippen LogP) is 4.24. The number of halogens is 1. The van der Waals surface area contributed by atoms with Gasteiger partial charge in [-0.15, -0.1) is 0 Å². The average molecular weight is 290 g/mol. The van der Waals surface area contributed by atoms with Gasteiger partial charge in [0.2, 0.25) is 0 Å². The lowest BCUT2D eigenvalue weighted by atomic mass is 9.99. The molecule has 0 saturated carbocycles. The molecule has 0 amide bonds. The predicted molar refractivity (Wildman–Crippen MR) is 84.6 cm³/mol. The number of nitrogens with one attached hydrogen (secondary N) is 1. The zero-order valence-corrected chi connectivity index (χ0v) is 12.7. The van der Waals surface area contributed by atoms with Crippen molar-refractivity contribution in [3.8, 4) is 5.75 Å². The molecule has 0 bridgehead atoms. The molecule has 2 aromatic rings. The van der Waals surface area contributed by atoms with Crippen LogP contribution in [0.25, 0.3) is 0 Å². The Hall–Kier alpha value is -1.51. The highest BCUT2D eigenvalue weighted by molar-refractivity contribution is 6.30. The normalized spacial score (nSPS) is 12.2. The van der Waals surface area contributed by atoms with E-state index in [1.165, 1.54) is 11.1 Å². The van der Waals surface area contributed by atoms with Crippen LogP contribution in [-0.2, 0) is 6.42 Å². The van der Waals surface area contributed by atoms with Crippen molar-refractivity contribution in [3.05, 3.63) is 64.7 Å². The highest BCUT2D eigenvalue weighted by Crippen LogP contribution is 2.23. The SMILES string of the molecule is CCOc1cccc(C(Cc2ccc(Cl)cc2)NC)c1. The summed E-state index contributed by atoms with van der Waals surface area (Å²) in [5.41, 5.74) is 2.49. The van der Waals surface area contributed by atoms with E-state index in [2.05, 4.69) is 29.6 Å². The molecule has 0 aliphatic carbocycles. The lowest BCUT2D eigenvalue weighted by Gasteiger charge is -2.18. The number of ether oxygens (including phenoxy) is 1. The Balaban J connectivity index is 2.15. The summed E-state index contributed by atoms with van der Waals surface area (Å²) in [5, 5.41) is 4.13. The van der Waals surface area contributed by atoms with Crippen LogP contribution in [0.5, 0.6) is 5.75 Å². The molecule has 3 heteroatoms. The highest BCUT2D eigenvalue weighted by Gasteiger charge is 2.11. The molecular weight excluding hydrogens is 270 g/mol. The van der Waals surface area contributed by atoms with Crippen molar-refractivity contribution in [2.24, 2.45) is 0 Å². The minimum atomic E-state index is 0.261. The Morgan fingerprint density at radius 1 is 1.15 bits per heavy atom. The maximum atomic E-state index is 5.92. The van der Waals surface area contributed by atoms with E-state index in [0.29, 0.717) is 6.61 Å². The van der Waals surface area contributed by atoms with Crippen LogP contribution < -0.4 is 10.1 Å². The van der Waals surface area contributed by atoms with Crippen LogP contribution in [0.4, 0.5) is 0 Å². The van der Waals surface area contributed by atoms with Crippen molar-refractivity contribution in [1.82, 2.24) is 5.32 Å². The minimum Gasteiger partial charge on any atom is -0.494 e. The summed E-state index contributed by atoms with van der Waals surface area (Å²) in [6.45, 7) is 2.68. The average Bonchev–Trinajstić information content (AvgIpc) is 2.47. The van der Waals surface area contributed by atoms with Gasteiger partial charge in [0.05, 0.1) is 6.61 Å². The van der Waals surface area contributed by atoms with Crippen molar-refractivity contribution in [3.63, 3.8) is 0 Å². The van der Waals surface area contributed by atoms with E-state index in [4.69, 9.17) is 16.3 Å². The number of benzene rings is 2. The lowest BCUT2D eigenvalue weighted by molar-refractivity contribution is 0.339. The van der Waals surface area contributed by atoms with E-state index in [9.17, 15) is 0 Å². The Kier molecular flexibility index (Phi) is 5.45. The Bertz CT molecular complexity index is 539. The molecule has 2 nitrogen and oxygen atoms in total. The van der Waals surface area contributed by atoms with Crippen molar-refractivity contribution in [2.75, 3.05) is 13.7 Å². The molecule has 1 N–H and O–H groups in total. The van der Waals surface area contributed by atoms with Crippen molar-refractivity contribution < 1.29 is 4.74 Å². The molecule has 0 fully saturated rings. The minimum absolute atomic E-state index is 0.261. The monoisotopic (exact) mass is 289 g/mol. The smallest absolute Gasteiger partial charge is 0.119 e. The summed E-state index contributed by atoms with van der Waals surface area (Å²) in [6.07, 6.45) is 0.920. The van der Waals surface area contributed by atoms with Gasteiger partial charge in [0.15, 0.2) is 0 Å². The van der Waals surface area contributed by atoms with Crippen molar-refractivity contribution in [1.29, 1.82) is 0 Å². The summed E-state index contributed by atoms with van der Waals surface area (Å²) in [7, 11) is 1.98. The molecule has 2 aromatic carbocycles.